The van der Waals surface area contributed by atoms with Crippen molar-refractivity contribution in [2.45, 2.75) is 25.4 Å². The number of fused-ring (bicyclic) bond motifs is 2. The van der Waals surface area contributed by atoms with Gasteiger partial charge in [-0.2, -0.15) is 12.1 Å². The third-order valence-corrected chi connectivity index (χ3v) is 17.1. The number of ether oxygens (including phenoxy) is 6. The second-order valence-electron chi connectivity index (χ2n) is 16.4. The summed E-state index contributed by atoms with van der Waals surface area (Å²) in [6.07, 6.45) is 0. The van der Waals surface area contributed by atoms with Gasteiger partial charge in [0, 0.05) is 22.9 Å². The van der Waals surface area contributed by atoms with Gasteiger partial charge in [0.15, 0.2) is 23.0 Å². The van der Waals surface area contributed by atoms with E-state index in [4.69, 9.17) is 39.9 Å². The molecular formula is C57H53ClN2O6P2Ru. The molecule has 0 aliphatic carbocycles. The number of methoxy groups -OCH3 is 2. The second-order valence-corrected chi connectivity index (χ2v) is 20.8. The Kier molecular flexibility index (Phi) is 16.7. The summed E-state index contributed by atoms with van der Waals surface area (Å²) in [5.41, 5.74) is 16.3. The van der Waals surface area contributed by atoms with E-state index in [0.717, 1.165) is 56.8 Å². The predicted octanol–water partition coefficient (Wildman–Crippen LogP) is 9.70. The Morgan fingerprint density at radius 3 is 1.28 bits per heavy atom. The normalized spacial score (nSPS) is 13.4. The third-order valence-electron chi connectivity index (χ3n) is 12.1. The zero-order valence-corrected chi connectivity index (χ0v) is 43.0. The van der Waals surface area contributed by atoms with Crippen molar-refractivity contribution in [2.24, 2.45) is 17.4 Å². The maximum atomic E-state index is 6.83. The molecule has 10 rings (SSSR count). The number of halogens is 1. The minimum atomic E-state index is -0.968. The second kappa shape index (κ2) is 23.2. The summed E-state index contributed by atoms with van der Waals surface area (Å²) in [4.78, 5) is 0. The molecule has 352 valence electrons. The molecule has 8 aromatic carbocycles. The molecule has 12 heteroatoms. The Hall–Kier alpha value is -5.75. The van der Waals surface area contributed by atoms with Gasteiger partial charge in [-0.3, -0.25) is 0 Å². The number of rotatable bonds is 13. The molecule has 2 heterocycles. The Balaban J connectivity index is 0.000000218. The first-order chi connectivity index (χ1) is 33.8. The van der Waals surface area contributed by atoms with Crippen molar-refractivity contribution in [2.75, 3.05) is 27.8 Å². The fraction of sp³-hybridized carbons (Fsp3) is 0.158. The molecule has 0 saturated heterocycles. The maximum Gasteiger partial charge on any atom is 0.231 e. The van der Waals surface area contributed by atoms with Gasteiger partial charge in [0.1, 0.15) is 5.75 Å². The van der Waals surface area contributed by atoms with Crippen molar-refractivity contribution in [3.63, 3.8) is 0 Å². The fourth-order valence-electron chi connectivity index (χ4n) is 8.66. The van der Waals surface area contributed by atoms with Gasteiger partial charge in [-0.1, -0.05) is 147 Å². The van der Waals surface area contributed by atoms with Crippen LogP contribution in [-0.2, 0) is 22.9 Å². The smallest absolute Gasteiger partial charge is 0.231 e. The minimum Gasteiger partial charge on any atom is -0.454 e. The Morgan fingerprint density at radius 2 is 0.928 bits per heavy atom. The van der Waals surface area contributed by atoms with Crippen LogP contribution in [0.4, 0.5) is 0 Å². The van der Waals surface area contributed by atoms with Crippen molar-refractivity contribution < 1.29 is 45.7 Å². The quantitative estimate of drug-likeness (QED) is 0.0669. The van der Waals surface area contributed by atoms with Crippen LogP contribution in [0.3, 0.4) is 0 Å². The topological polar surface area (TPSA) is 107 Å². The predicted molar refractivity (Wildman–Crippen MR) is 280 cm³/mol. The summed E-state index contributed by atoms with van der Waals surface area (Å²) in [5.74, 6) is 4.72. The molecule has 4 N–H and O–H groups in total. The molecule has 2 aliphatic rings. The van der Waals surface area contributed by atoms with Crippen molar-refractivity contribution in [3.05, 3.63) is 205 Å². The van der Waals surface area contributed by atoms with E-state index in [1.165, 1.54) is 31.8 Å². The van der Waals surface area contributed by atoms with Crippen molar-refractivity contribution in [3.8, 4) is 45.6 Å². The number of hydrogen-bond acceptors (Lipinski definition) is 8. The summed E-state index contributed by atoms with van der Waals surface area (Å²) < 4.78 is 35.2. The van der Waals surface area contributed by atoms with Gasteiger partial charge >= 0.3 is 27.0 Å². The first kappa shape index (κ1) is 49.7. The Bertz CT molecular complexity index is 2630. The first-order valence-electron chi connectivity index (χ1n) is 22.3. The molecule has 8 nitrogen and oxygen atoms in total. The molecule has 0 amide bonds. The molecule has 69 heavy (non-hydrogen) atoms. The van der Waals surface area contributed by atoms with Crippen molar-refractivity contribution in [1.29, 1.82) is 0 Å². The zero-order chi connectivity index (χ0) is 48.3. The van der Waals surface area contributed by atoms with Gasteiger partial charge in [-0.05, 0) is 95.5 Å². The van der Waals surface area contributed by atoms with E-state index in [0.29, 0.717) is 0 Å². The molecular weight excluding hydrogens is 1010 g/mol. The van der Waals surface area contributed by atoms with Crippen LogP contribution in [0.2, 0.25) is 0 Å². The largest absolute Gasteiger partial charge is 0.454 e. The third kappa shape index (κ3) is 10.6. The molecule has 0 spiro atoms. The number of nitrogens with two attached hydrogens (primary N) is 2. The number of benzene rings is 8. The molecule has 0 radical (unpaired) electrons. The molecule has 0 bridgehead atoms. The fourth-order valence-corrected chi connectivity index (χ4v) is 13.6. The van der Waals surface area contributed by atoms with Gasteiger partial charge in [0.05, 0.1) is 19.8 Å². The van der Waals surface area contributed by atoms with Crippen LogP contribution >= 0.6 is 25.5 Å². The number of hydrogen-bond donors (Lipinski definition) is 2. The van der Waals surface area contributed by atoms with Crippen LogP contribution in [-0.4, -0.2) is 33.8 Å². The minimum absolute atomic E-state index is 0.175. The monoisotopic (exact) mass is 1060 g/mol. The Morgan fingerprint density at radius 1 is 0.536 bits per heavy atom. The molecule has 2 atom stereocenters. The van der Waals surface area contributed by atoms with Gasteiger partial charge < -0.3 is 39.9 Å². The van der Waals surface area contributed by atoms with Gasteiger partial charge in [-0.25, -0.2) is 0 Å². The summed E-state index contributed by atoms with van der Waals surface area (Å²) in [6, 6.07) is 67.9. The molecule has 0 aromatic heterocycles. The SMILES string of the molecule is COc1c[c-]c(C(N)(c2ccc(OC)cc2)[C@H](N)C(C)C)cc1.[Cl][Ru+].c1ccc(P(c2ccccc2)c2ccc3c(c2-c2c(P(c4ccccc4)c4ccccc4)ccc4c2OCO4)OCO3)cc1. The van der Waals surface area contributed by atoms with E-state index in [9.17, 15) is 0 Å². The van der Waals surface area contributed by atoms with Gasteiger partial charge in [0.25, 0.3) is 0 Å². The van der Waals surface area contributed by atoms with Crippen LogP contribution in [0, 0.1) is 12.0 Å². The summed E-state index contributed by atoms with van der Waals surface area (Å²) in [6.45, 7) is 4.49. The van der Waals surface area contributed by atoms with E-state index < -0.39 is 21.4 Å². The van der Waals surface area contributed by atoms with E-state index in [-0.39, 0.29) is 25.5 Å². The van der Waals surface area contributed by atoms with Crippen LogP contribution in [0.5, 0.6) is 34.5 Å². The van der Waals surface area contributed by atoms with Crippen molar-refractivity contribution in [1.82, 2.24) is 0 Å². The van der Waals surface area contributed by atoms with E-state index in [2.05, 4.69) is 175 Å². The summed E-state index contributed by atoms with van der Waals surface area (Å²) in [7, 11) is 5.90. The van der Waals surface area contributed by atoms with Crippen LogP contribution < -0.4 is 71.7 Å². The summed E-state index contributed by atoms with van der Waals surface area (Å²) >= 11 is 1.82. The maximum absolute atomic E-state index is 6.83. The molecule has 0 fully saturated rings. The average Bonchev–Trinajstić information content (AvgIpc) is 4.11. The van der Waals surface area contributed by atoms with Crippen LogP contribution in [0.1, 0.15) is 25.0 Å². The Labute approximate surface area is 422 Å². The van der Waals surface area contributed by atoms with E-state index in [1.807, 2.05) is 53.7 Å². The average molecular weight is 1060 g/mol. The van der Waals surface area contributed by atoms with Crippen molar-refractivity contribution >= 4 is 57.4 Å². The van der Waals surface area contributed by atoms with Gasteiger partial charge in [-0.15, -0.1) is 17.7 Å². The molecule has 2 aliphatic heterocycles. The standard InChI is InChI=1S/C38H28O4P2.C19H25N2O2.ClH.Ru/c1-5-13-27(14-6-1)43(28-15-7-2-8-16-28)33-23-21-31-37(41-25-39-31)35(33)36-34(24-22-32-38(36)42-26-40-32)44(29-17-9-3-10-18-29)30-19-11-4-12-20-30;1-13(2)18(20)19(21,14-5-9-16(22-3)10-6-14)15-7-11-17(23-4)12-8-15;;/h1-24H,25-26H2;5-7,9-13,18H,20-21H2,1-4H3;1H;/q;-1;;+2/p-1/t;18-,19?;;/m.1../s1. The molecule has 1 unspecified atom stereocenters. The van der Waals surface area contributed by atoms with Crippen LogP contribution in [0.15, 0.2) is 188 Å². The molecule has 8 aromatic rings. The summed E-state index contributed by atoms with van der Waals surface area (Å²) in [5, 5.41) is 7.40. The van der Waals surface area contributed by atoms with Gasteiger partial charge in [0.2, 0.25) is 13.6 Å². The first-order valence-corrected chi connectivity index (χ1v) is 27.3. The van der Waals surface area contributed by atoms with E-state index in [1.54, 1.807) is 20.3 Å². The molecule has 0 saturated carbocycles. The van der Waals surface area contributed by atoms with E-state index >= 15 is 0 Å². The zero-order valence-electron chi connectivity index (χ0n) is 38.7. The van der Waals surface area contributed by atoms with Crippen LogP contribution in [0.25, 0.3) is 11.1 Å².